The van der Waals surface area contributed by atoms with Crippen LogP contribution in [0.15, 0.2) is 46.9 Å². The average Bonchev–Trinajstić information content (AvgIpc) is 2.41. The lowest BCUT2D eigenvalue weighted by molar-refractivity contribution is -0.118. The summed E-state index contributed by atoms with van der Waals surface area (Å²) in [5.41, 5.74) is 0.471. The van der Waals surface area contributed by atoms with Gasteiger partial charge in [-0.25, -0.2) is 4.39 Å². The quantitative estimate of drug-likeness (QED) is 0.887. The van der Waals surface area contributed by atoms with Gasteiger partial charge in [0.1, 0.15) is 11.6 Å². The molecule has 0 saturated heterocycles. The Labute approximate surface area is 128 Å². The van der Waals surface area contributed by atoms with Crippen molar-refractivity contribution in [2.45, 2.75) is 0 Å². The lowest BCUT2D eigenvalue weighted by Crippen LogP contribution is -2.20. The second-order valence-electron chi connectivity index (χ2n) is 3.89. The predicted molar refractivity (Wildman–Crippen MR) is 79.7 cm³/mol. The molecule has 0 radical (unpaired) electrons. The van der Waals surface area contributed by atoms with Gasteiger partial charge >= 0.3 is 0 Å². The van der Waals surface area contributed by atoms with Crippen LogP contribution in [0.5, 0.6) is 5.75 Å². The van der Waals surface area contributed by atoms with Crippen molar-refractivity contribution in [2.75, 3.05) is 11.9 Å². The third-order valence-corrected chi connectivity index (χ3v) is 3.37. The molecular weight excluding hydrogens is 349 g/mol. The number of nitrogens with one attached hydrogen (secondary N) is 1. The van der Waals surface area contributed by atoms with Gasteiger partial charge in [0.25, 0.3) is 5.91 Å². The molecule has 0 fully saturated rings. The monoisotopic (exact) mass is 357 g/mol. The highest BCUT2D eigenvalue weighted by atomic mass is 79.9. The first kappa shape index (κ1) is 14.8. The number of amides is 1. The predicted octanol–water partition coefficient (Wildman–Crippen LogP) is 4.26. The third kappa shape index (κ3) is 3.95. The van der Waals surface area contributed by atoms with Crippen LogP contribution in [0.3, 0.4) is 0 Å². The Hall–Kier alpha value is -1.59. The van der Waals surface area contributed by atoms with Crippen molar-refractivity contribution in [2.24, 2.45) is 0 Å². The van der Waals surface area contributed by atoms with Crippen LogP contribution in [-0.2, 0) is 4.79 Å². The van der Waals surface area contributed by atoms with E-state index >= 15 is 0 Å². The van der Waals surface area contributed by atoms with Crippen molar-refractivity contribution < 1.29 is 13.9 Å². The number of benzene rings is 2. The van der Waals surface area contributed by atoms with E-state index in [0.29, 0.717) is 20.9 Å². The first-order valence-corrected chi connectivity index (χ1v) is 6.85. The molecule has 1 amide bonds. The molecule has 2 aromatic carbocycles. The third-order valence-electron chi connectivity index (χ3n) is 2.40. The fourth-order valence-electron chi connectivity index (χ4n) is 1.48. The van der Waals surface area contributed by atoms with Crippen molar-refractivity contribution >= 4 is 39.1 Å². The molecule has 0 bridgehead atoms. The summed E-state index contributed by atoms with van der Waals surface area (Å²) in [6.45, 7) is -0.187. The van der Waals surface area contributed by atoms with Gasteiger partial charge in [0, 0.05) is 4.47 Å². The molecule has 0 aliphatic carbocycles. The van der Waals surface area contributed by atoms with E-state index in [1.165, 1.54) is 18.2 Å². The number of halogens is 3. The lowest BCUT2D eigenvalue weighted by Gasteiger charge is -2.09. The molecule has 2 rings (SSSR count). The molecule has 0 spiro atoms. The second-order valence-corrected chi connectivity index (χ2v) is 5.15. The molecule has 0 unspecified atom stereocenters. The standard InChI is InChI=1S/C14H10BrClFNO2/c15-10-7-9(17)5-6-12(10)18-14(19)8-20-13-4-2-1-3-11(13)16/h1-7H,8H2,(H,18,19). The topological polar surface area (TPSA) is 38.3 Å². The first-order valence-electron chi connectivity index (χ1n) is 5.68. The van der Waals surface area contributed by atoms with Crippen LogP contribution < -0.4 is 10.1 Å². The Bertz CT molecular complexity index is 636. The molecule has 0 aliphatic heterocycles. The summed E-state index contributed by atoms with van der Waals surface area (Å²) < 4.78 is 18.7. The summed E-state index contributed by atoms with van der Waals surface area (Å²) in [5.74, 6) is -0.318. The zero-order valence-corrected chi connectivity index (χ0v) is 12.5. The molecule has 6 heteroatoms. The normalized spacial score (nSPS) is 10.2. The molecule has 0 atom stereocenters. The van der Waals surface area contributed by atoms with E-state index in [2.05, 4.69) is 21.2 Å². The van der Waals surface area contributed by atoms with E-state index in [1.807, 2.05) is 0 Å². The zero-order valence-electron chi connectivity index (χ0n) is 10.2. The molecule has 2 aromatic rings. The fraction of sp³-hybridized carbons (Fsp3) is 0.0714. The van der Waals surface area contributed by atoms with Gasteiger partial charge in [0.15, 0.2) is 6.61 Å². The molecular formula is C14H10BrClFNO2. The van der Waals surface area contributed by atoms with Crippen LogP contribution in [0.4, 0.5) is 10.1 Å². The van der Waals surface area contributed by atoms with Gasteiger partial charge in [0.05, 0.1) is 10.7 Å². The van der Waals surface area contributed by atoms with Gasteiger partial charge in [-0.1, -0.05) is 23.7 Å². The minimum absolute atomic E-state index is 0.187. The van der Waals surface area contributed by atoms with Crippen molar-refractivity contribution in [1.82, 2.24) is 0 Å². The van der Waals surface area contributed by atoms with E-state index in [9.17, 15) is 9.18 Å². The van der Waals surface area contributed by atoms with Crippen LogP contribution in [-0.4, -0.2) is 12.5 Å². The maximum atomic E-state index is 12.9. The van der Waals surface area contributed by atoms with E-state index < -0.39 is 0 Å². The van der Waals surface area contributed by atoms with Crippen LogP contribution in [0.1, 0.15) is 0 Å². The van der Waals surface area contributed by atoms with E-state index in [0.717, 1.165) is 0 Å². The molecule has 0 saturated carbocycles. The average molecular weight is 359 g/mol. The van der Waals surface area contributed by atoms with Crippen molar-refractivity contribution in [3.05, 3.63) is 57.8 Å². The van der Waals surface area contributed by atoms with Gasteiger partial charge < -0.3 is 10.1 Å². The summed E-state index contributed by atoms with van der Waals surface area (Å²) in [7, 11) is 0. The van der Waals surface area contributed by atoms with Crippen LogP contribution in [0, 0.1) is 5.82 Å². The molecule has 0 aromatic heterocycles. The first-order chi connectivity index (χ1) is 9.56. The molecule has 0 heterocycles. The Balaban J connectivity index is 1.94. The van der Waals surface area contributed by atoms with Crippen molar-refractivity contribution in [1.29, 1.82) is 0 Å². The highest BCUT2D eigenvalue weighted by Crippen LogP contribution is 2.24. The maximum Gasteiger partial charge on any atom is 0.262 e. The Morgan fingerprint density at radius 1 is 1.30 bits per heavy atom. The van der Waals surface area contributed by atoms with Crippen molar-refractivity contribution in [3.63, 3.8) is 0 Å². The number of carbonyl (C=O) groups is 1. The number of rotatable bonds is 4. The van der Waals surface area contributed by atoms with E-state index in [4.69, 9.17) is 16.3 Å². The zero-order chi connectivity index (χ0) is 14.5. The number of hydrogen-bond acceptors (Lipinski definition) is 2. The lowest BCUT2D eigenvalue weighted by atomic mass is 10.3. The van der Waals surface area contributed by atoms with E-state index in [-0.39, 0.29) is 18.3 Å². The maximum absolute atomic E-state index is 12.9. The van der Waals surface area contributed by atoms with Crippen LogP contribution >= 0.6 is 27.5 Å². The summed E-state index contributed by atoms with van der Waals surface area (Å²) in [5, 5.41) is 3.04. The van der Waals surface area contributed by atoms with Gasteiger partial charge in [-0.3, -0.25) is 4.79 Å². The Morgan fingerprint density at radius 3 is 2.75 bits per heavy atom. The van der Waals surface area contributed by atoms with Gasteiger partial charge in [-0.15, -0.1) is 0 Å². The number of ether oxygens (including phenoxy) is 1. The second kappa shape index (κ2) is 6.72. The number of anilines is 1. The number of hydrogen-bond donors (Lipinski definition) is 1. The summed E-state index contributed by atoms with van der Waals surface area (Å²) in [6.07, 6.45) is 0. The largest absolute Gasteiger partial charge is 0.482 e. The van der Waals surface area contributed by atoms with Crippen molar-refractivity contribution in [3.8, 4) is 5.75 Å². The van der Waals surface area contributed by atoms with Gasteiger partial charge in [-0.05, 0) is 46.3 Å². The highest BCUT2D eigenvalue weighted by Gasteiger charge is 2.08. The van der Waals surface area contributed by atoms with Crippen LogP contribution in [0.25, 0.3) is 0 Å². The molecule has 104 valence electrons. The van der Waals surface area contributed by atoms with Gasteiger partial charge in [0.2, 0.25) is 0 Å². The molecule has 20 heavy (non-hydrogen) atoms. The van der Waals surface area contributed by atoms with Crippen LogP contribution in [0.2, 0.25) is 5.02 Å². The fourth-order valence-corrected chi connectivity index (χ4v) is 2.12. The number of carbonyl (C=O) groups excluding carboxylic acids is 1. The SMILES string of the molecule is O=C(COc1ccccc1Cl)Nc1ccc(F)cc1Br. The summed E-state index contributed by atoms with van der Waals surface area (Å²) >= 11 is 9.07. The molecule has 1 N–H and O–H groups in total. The minimum atomic E-state index is -0.387. The highest BCUT2D eigenvalue weighted by molar-refractivity contribution is 9.10. The minimum Gasteiger partial charge on any atom is -0.482 e. The van der Waals surface area contributed by atoms with E-state index in [1.54, 1.807) is 24.3 Å². The Morgan fingerprint density at radius 2 is 2.05 bits per heavy atom. The van der Waals surface area contributed by atoms with Gasteiger partial charge in [-0.2, -0.15) is 0 Å². The Kier molecular flexibility index (Phi) is 4.98. The summed E-state index contributed by atoms with van der Waals surface area (Å²) in [6, 6.07) is 10.9. The number of para-hydroxylation sites is 1. The molecule has 3 nitrogen and oxygen atoms in total. The summed E-state index contributed by atoms with van der Waals surface area (Å²) in [4.78, 5) is 11.7. The smallest absolute Gasteiger partial charge is 0.262 e. The molecule has 0 aliphatic rings.